The van der Waals surface area contributed by atoms with Gasteiger partial charge in [0.25, 0.3) is 5.91 Å². The Morgan fingerprint density at radius 2 is 2.05 bits per heavy atom. The van der Waals surface area contributed by atoms with Crippen LogP contribution in [0.1, 0.15) is 41.3 Å². The zero-order valence-electron chi connectivity index (χ0n) is 11.9. The van der Waals surface area contributed by atoms with Gasteiger partial charge in [0.15, 0.2) is 0 Å². The summed E-state index contributed by atoms with van der Waals surface area (Å²) in [6, 6.07) is 8.17. The number of thiophene rings is 1. The van der Waals surface area contributed by atoms with Crippen molar-refractivity contribution in [2.75, 3.05) is 5.32 Å². The van der Waals surface area contributed by atoms with Crippen LogP contribution in [0.25, 0.3) is 10.4 Å². The van der Waals surface area contributed by atoms with Crippen molar-refractivity contribution in [1.82, 2.24) is 0 Å². The van der Waals surface area contributed by atoms with Gasteiger partial charge in [-0.15, -0.1) is 11.3 Å². The molecule has 0 bridgehead atoms. The molecule has 0 saturated heterocycles. The number of carbonyl (C=O) groups is 2. The standard InChI is InChI=1S/C16H16N2O2S/c1-8-7-10-5-3-4-6-11(10)14-12(8)13(15(17)20)16(21-14)18-9(2)19/h3-6,8H,7H2,1-2H3,(H2,17,20)(H,18,19). The fraction of sp³-hybridized carbons (Fsp3) is 0.250. The Balaban J connectivity index is 2.27. The summed E-state index contributed by atoms with van der Waals surface area (Å²) in [4.78, 5) is 24.3. The first-order chi connectivity index (χ1) is 9.99. The molecule has 3 rings (SSSR count). The van der Waals surface area contributed by atoms with Crippen LogP contribution in [0.15, 0.2) is 24.3 Å². The van der Waals surface area contributed by atoms with Gasteiger partial charge in [0.05, 0.1) is 5.56 Å². The van der Waals surface area contributed by atoms with Gasteiger partial charge in [0, 0.05) is 11.8 Å². The number of hydrogen-bond donors (Lipinski definition) is 2. The van der Waals surface area contributed by atoms with Gasteiger partial charge in [-0.1, -0.05) is 31.2 Å². The first-order valence-corrected chi connectivity index (χ1v) is 7.63. The quantitative estimate of drug-likeness (QED) is 0.894. The van der Waals surface area contributed by atoms with Gasteiger partial charge in [-0.25, -0.2) is 0 Å². The van der Waals surface area contributed by atoms with E-state index in [-0.39, 0.29) is 11.8 Å². The molecule has 0 radical (unpaired) electrons. The van der Waals surface area contributed by atoms with Crippen LogP contribution in [0, 0.1) is 0 Å². The summed E-state index contributed by atoms with van der Waals surface area (Å²) in [6.07, 6.45) is 0.875. The van der Waals surface area contributed by atoms with E-state index in [0.717, 1.165) is 22.4 Å². The summed E-state index contributed by atoms with van der Waals surface area (Å²) >= 11 is 1.43. The zero-order chi connectivity index (χ0) is 15.1. The molecule has 1 aliphatic rings. The van der Waals surface area contributed by atoms with Crippen molar-refractivity contribution in [1.29, 1.82) is 0 Å². The van der Waals surface area contributed by atoms with Crippen LogP contribution in [0.5, 0.6) is 0 Å². The number of primary amides is 1. The lowest BCUT2D eigenvalue weighted by molar-refractivity contribution is -0.114. The van der Waals surface area contributed by atoms with Crippen LogP contribution in [0.2, 0.25) is 0 Å². The molecule has 1 aromatic heterocycles. The second-order valence-electron chi connectivity index (χ2n) is 5.36. The highest BCUT2D eigenvalue weighted by atomic mass is 32.1. The number of carbonyl (C=O) groups excluding carboxylic acids is 2. The molecule has 0 saturated carbocycles. The van der Waals surface area contributed by atoms with Crippen LogP contribution in [0.3, 0.4) is 0 Å². The average molecular weight is 300 g/mol. The third-order valence-corrected chi connectivity index (χ3v) is 4.92. The van der Waals surface area contributed by atoms with Crippen molar-refractivity contribution in [2.24, 2.45) is 5.73 Å². The molecule has 1 heterocycles. The van der Waals surface area contributed by atoms with Crippen LogP contribution in [0.4, 0.5) is 5.00 Å². The predicted molar refractivity (Wildman–Crippen MR) is 84.7 cm³/mol. The minimum atomic E-state index is -0.484. The van der Waals surface area contributed by atoms with E-state index in [2.05, 4.69) is 24.4 Å². The summed E-state index contributed by atoms with van der Waals surface area (Å²) < 4.78 is 0. The average Bonchev–Trinajstić information content (AvgIpc) is 2.78. The fourth-order valence-electron chi connectivity index (χ4n) is 2.96. The largest absolute Gasteiger partial charge is 0.365 e. The molecule has 2 amide bonds. The topological polar surface area (TPSA) is 72.2 Å². The normalized spacial score (nSPS) is 16.0. The van der Waals surface area contributed by atoms with Gasteiger partial charge in [0.1, 0.15) is 5.00 Å². The van der Waals surface area contributed by atoms with E-state index in [9.17, 15) is 9.59 Å². The molecule has 2 aromatic rings. The van der Waals surface area contributed by atoms with Crippen LogP contribution in [-0.2, 0) is 11.2 Å². The molecule has 4 nitrogen and oxygen atoms in total. The molecule has 5 heteroatoms. The van der Waals surface area contributed by atoms with E-state index in [1.807, 2.05) is 12.1 Å². The van der Waals surface area contributed by atoms with Crippen molar-refractivity contribution in [2.45, 2.75) is 26.2 Å². The van der Waals surface area contributed by atoms with E-state index < -0.39 is 5.91 Å². The molecule has 1 aromatic carbocycles. The Labute approximate surface area is 127 Å². The van der Waals surface area contributed by atoms with Crippen molar-refractivity contribution in [3.8, 4) is 10.4 Å². The Morgan fingerprint density at radius 1 is 1.33 bits per heavy atom. The molecule has 0 aliphatic heterocycles. The van der Waals surface area contributed by atoms with E-state index in [1.165, 1.54) is 23.8 Å². The number of amides is 2. The van der Waals surface area contributed by atoms with Crippen LogP contribution < -0.4 is 11.1 Å². The minimum Gasteiger partial charge on any atom is -0.365 e. The second-order valence-corrected chi connectivity index (χ2v) is 6.38. The van der Waals surface area contributed by atoms with Gasteiger partial charge in [-0.3, -0.25) is 9.59 Å². The highest BCUT2D eigenvalue weighted by Gasteiger charge is 2.31. The Hall–Kier alpha value is -2.14. The third kappa shape index (κ3) is 2.23. The van der Waals surface area contributed by atoms with Crippen molar-refractivity contribution in [3.63, 3.8) is 0 Å². The van der Waals surface area contributed by atoms with Gasteiger partial charge in [-0.2, -0.15) is 0 Å². The van der Waals surface area contributed by atoms with Gasteiger partial charge >= 0.3 is 0 Å². The first-order valence-electron chi connectivity index (χ1n) is 6.81. The maximum atomic E-state index is 11.9. The lowest BCUT2D eigenvalue weighted by atomic mass is 9.82. The summed E-state index contributed by atoms with van der Waals surface area (Å²) in [5, 5.41) is 3.30. The fourth-order valence-corrected chi connectivity index (χ4v) is 4.39. The molecule has 108 valence electrons. The van der Waals surface area contributed by atoms with Crippen LogP contribution >= 0.6 is 11.3 Å². The first kappa shape index (κ1) is 13.8. The van der Waals surface area contributed by atoms with E-state index >= 15 is 0 Å². The summed E-state index contributed by atoms with van der Waals surface area (Å²) in [5.41, 5.74) is 9.39. The molecule has 0 fully saturated rings. The summed E-state index contributed by atoms with van der Waals surface area (Å²) in [7, 11) is 0. The molecular weight excluding hydrogens is 284 g/mol. The van der Waals surface area contributed by atoms with Gasteiger partial charge < -0.3 is 11.1 Å². The Bertz CT molecular complexity index is 749. The molecule has 1 unspecified atom stereocenters. The molecular formula is C16H16N2O2S. The number of hydrogen-bond acceptors (Lipinski definition) is 3. The predicted octanol–water partition coefficient (Wildman–Crippen LogP) is 3.13. The number of anilines is 1. The zero-order valence-corrected chi connectivity index (χ0v) is 12.7. The third-order valence-electron chi connectivity index (χ3n) is 3.76. The monoisotopic (exact) mass is 300 g/mol. The minimum absolute atomic E-state index is 0.197. The number of nitrogens with two attached hydrogens (primary N) is 1. The maximum absolute atomic E-state index is 11.9. The highest BCUT2D eigenvalue weighted by Crippen LogP contribution is 2.49. The molecule has 1 atom stereocenters. The Kier molecular flexibility index (Phi) is 3.29. The highest BCUT2D eigenvalue weighted by molar-refractivity contribution is 7.20. The van der Waals surface area contributed by atoms with Crippen molar-refractivity contribution in [3.05, 3.63) is 41.0 Å². The SMILES string of the molecule is CC(=O)Nc1sc2c(c1C(N)=O)C(C)Cc1ccccc1-2. The van der Waals surface area contributed by atoms with Gasteiger partial charge in [-0.05, 0) is 29.0 Å². The lowest BCUT2D eigenvalue weighted by Crippen LogP contribution is -2.18. The Morgan fingerprint density at radius 3 is 2.71 bits per heavy atom. The van der Waals surface area contributed by atoms with Crippen molar-refractivity contribution < 1.29 is 9.59 Å². The van der Waals surface area contributed by atoms with Crippen molar-refractivity contribution >= 4 is 28.2 Å². The molecule has 21 heavy (non-hydrogen) atoms. The smallest absolute Gasteiger partial charge is 0.252 e. The summed E-state index contributed by atoms with van der Waals surface area (Å²) in [5.74, 6) is -0.476. The summed E-state index contributed by atoms with van der Waals surface area (Å²) in [6.45, 7) is 3.52. The number of benzene rings is 1. The molecule has 0 spiro atoms. The maximum Gasteiger partial charge on any atom is 0.252 e. The van der Waals surface area contributed by atoms with Crippen LogP contribution in [-0.4, -0.2) is 11.8 Å². The molecule has 1 aliphatic carbocycles. The van der Waals surface area contributed by atoms with E-state index in [0.29, 0.717) is 10.6 Å². The van der Waals surface area contributed by atoms with E-state index in [4.69, 9.17) is 5.73 Å². The van der Waals surface area contributed by atoms with Gasteiger partial charge in [0.2, 0.25) is 5.91 Å². The number of nitrogens with one attached hydrogen (secondary N) is 1. The number of fused-ring (bicyclic) bond motifs is 3. The lowest BCUT2D eigenvalue weighted by Gasteiger charge is -2.22. The molecule has 3 N–H and O–H groups in total. The van der Waals surface area contributed by atoms with E-state index in [1.54, 1.807) is 0 Å². The number of rotatable bonds is 2. The second kappa shape index (κ2) is 5.00.